The summed E-state index contributed by atoms with van der Waals surface area (Å²) in [5, 5.41) is 6.93. The number of likely N-dealkylation sites (tertiary alicyclic amines) is 1. The van der Waals surface area contributed by atoms with Gasteiger partial charge in [0.1, 0.15) is 6.61 Å². The molecule has 2 fully saturated rings. The predicted molar refractivity (Wildman–Crippen MR) is 117 cm³/mol. The number of ether oxygens (including phenoxy) is 1. The van der Waals surface area contributed by atoms with Crippen LogP contribution in [0.3, 0.4) is 0 Å². The predicted octanol–water partition coefficient (Wildman–Crippen LogP) is 3.72. The first-order valence-corrected chi connectivity index (χ1v) is 11.0. The van der Waals surface area contributed by atoms with Gasteiger partial charge in [-0.25, -0.2) is 0 Å². The molecule has 2 rings (SSSR count). The summed E-state index contributed by atoms with van der Waals surface area (Å²) in [7, 11) is 2.19. The third-order valence-electron chi connectivity index (χ3n) is 7.04. The molecule has 0 saturated carbocycles. The number of carbonyl (C=O) groups excluding carboxylic acids is 1. The van der Waals surface area contributed by atoms with Crippen molar-refractivity contribution in [1.82, 2.24) is 15.5 Å². The number of nitrogens with zero attached hydrogens (tertiary/aromatic N) is 1. The SMILES string of the molecule is CC(NC(=O)COC1CC(C)(C)N(C)C(C)(C)C1)C1CC(C)(C)NC(C)(C)C1. The number of rotatable bonds is 5. The highest BCUT2D eigenvalue weighted by molar-refractivity contribution is 5.77. The molecular formula is C23H45N3O2. The van der Waals surface area contributed by atoms with E-state index >= 15 is 0 Å². The third-order valence-corrected chi connectivity index (χ3v) is 7.04. The minimum atomic E-state index is 0.0104. The molecule has 0 aromatic carbocycles. The lowest BCUT2D eigenvalue weighted by molar-refractivity contribution is -0.135. The first-order valence-electron chi connectivity index (χ1n) is 11.0. The lowest BCUT2D eigenvalue weighted by Crippen LogP contribution is -2.61. The Kier molecular flexibility index (Phi) is 6.65. The molecule has 2 aliphatic rings. The minimum absolute atomic E-state index is 0.0104. The Morgan fingerprint density at radius 1 is 1.00 bits per heavy atom. The quantitative estimate of drug-likeness (QED) is 0.745. The Morgan fingerprint density at radius 3 is 1.93 bits per heavy atom. The molecule has 1 atom stereocenters. The summed E-state index contributed by atoms with van der Waals surface area (Å²) in [6.45, 7) is 20.3. The zero-order valence-electron chi connectivity index (χ0n) is 20.0. The fraction of sp³-hybridized carbons (Fsp3) is 0.957. The van der Waals surface area contributed by atoms with Crippen LogP contribution >= 0.6 is 0 Å². The summed E-state index contributed by atoms with van der Waals surface area (Å²) in [6.07, 6.45) is 4.16. The molecule has 2 aliphatic heterocycles. The van der Waals surface area contributed by atoms with Gasteiger partial charge >= 0.3 is 0 Å². The highest BCUT2D eigenvalue weighted by Crippen LogP contribution is 2.38. The van der Waals surface area contributed by atoms with Crippen molar-refractivity contribution in [3.63, 3.8) is 0 Å². The summed E-state index contributed by atoms with van der Waals surface area (Å²) >= 11 is 0. The van der Waals surface area contributed by atoms with Gasteiger partial charge in [0.15, 0.2) is 0 Å². The van der Waals surface area contributed by atoms with Gasteiger partial charge in [0.05, 0.1) is 6.10 Å². The molecule has 0 bridgehead atoms. The van der Waals surface area contributed by atoms with E-state index in [1.54, 1.807) is 0 Å². The van der Waals surface area contributed by atoms with Crippen molar-refractivity contribution in [2.75, 3.05) is 13.7 Å². The largest absolute Gasteiger partial charge is 0.368 e. The van der Waals surface area contributed by atoms with Gasteiger partial charge in [-0.3, -0.25) is 9.69 Å². The van der Waals surface area contributed by atoms with Crippen LogP contribution in [0.1, 0.15) is 88.0 Å². The molecule has 28 heavy (non-hydrogen) atoms. The molecule has 2 saturated heterocycles. The van der Waals surface area contributed by atoms with Gasteiger partial charge in [-0.15, -0.1) is 0 Å². The van der Waals surface area contributed by atoms with Crippen molar-refractivity contribution in [2.45, 2.75) is 122 Å². The van der Waals surface area contributed by atoms with Crippen LogP contribution in [0.2, 0.25) is 0 Å². The van der Waals surface area contributed by atoms with Gasteiger partial charge in [0.25, 0.3) is 0 Å². The minimum Gasteiger partial charge on any atom is -0.368 e. The number of amides is 1. The smallest absolute Gasteiger partial charge is 0.246 e. The van der Waals surface area contributed by atoms with Crippen LogP contribution in [-0.2, 0) is 9.53 Å². The Balaban J connectivity index is 1.87. The van der Waals surface area contributed by atoms with Crippen molar-refractivity contribution in [1.29, 1.82) is 0 Å². The van der Waals surface area contributed by atoms with Gasteiger partial charge in [0.2, 0.25) is 5.91 Å². The molecule has 5 nitrogen and oxygen atoms in total. The van der Waals surface area contributed by atoms with E-state index in [9.17, 15) is 4.79 Å². The molecule has 2 N–H and O–H groups in total. The summed E-state index contributed by atoms with van der Waals surface area (Å²) in [4.78, 5) is 15.0. The third kappa shape index (κ3) is 5.93. The highest BCUT2D eigenvalue weighted by Gasteiger charge is 2.44. The average Bonchev–Trinajstić information content (AvgIpc) is 2.47. The molecule has 0 radical (unpaired) electrons. The van der Waals surface area contributed by atoms with Crippen LogP contribution in [0.15, 0.2) is 0 Å². The van der Waals surface area contributed by atoms with E-state index in [1.165, 1.54) is 0 Å². The van der Waals surface area contributed by atoms with Crippen LogP contribution in [0, 0.1) is 5.92 Å². The number of hydrogen-bond acceptors (Lipinski definition) is 4. The van der Waals surface area contributed by atoms with Crippen LogP contribution in [-0.4, -0.2) is 58.8 Å². The molecule has 0 aromatic heterocycles. The van der Waals surface area contributed by atoms with Crippen molar-refractivity contribution in [2.24, 2.45) is 5.92 Å². The van der Waals surface area contributed by atoms with Crippen molar-refractivity contribution >= 4 is 5.91 Å². The van der Waals surface area contributed by atoms with Crippen LogP contribution < -0.4 is 10.6 Å². The maximum atomic E-state index is 12.6. The topological polar surface area (TPSA) is 53.6 Å². The number of piperidine rings is 2. The fourth-order valence-electron chi connectivity index (χ4n) is 5.76. The van der Waals surface area contributed by atoms with Crippen molar-refractivity contribution in [3.8, 4) is 0 Å². The van der Waals surface area contributed by atoms with Gasteiger partial charge in [-0.2, -0.15) is 0 Å². The van der Waals surface area contributed by atoms with Gasteiger partial charge in [-0.1, -0.05) is 0 Å². The summed E-state index contributed by atoms with van der Waals surface area (Å²) in [5.41, 5.74) is 0.325. The Morgan fingerprint density at radius 2 is 1.46 bits per heavy atom. The van der Waals surface area contributed by atoms with Crippen LogP contribution in [0.25, 0.3) is 0 Å². The molecule has 0 aliphatic carbocycles. The van der Waals surface area contributed by atoms with Crippen molar-refractivity contribution < 1.29 is 9.53 Å². The second kappa shape index (κ2) is 7.88. The number of hydrogen-bond donors (Lipinski definition) is 2. The molecule has 1 amide bonds. The number of carbonyl (C=O) groups is 1. The van der Waals surface area contributed by atoms with Gasteiger partial charge < -0.3 is 15.4 Å². The molecule has 5 heteroatoms. The molecule has 2 heterocycles. The van der Waals surface area contributed by atoms with E-state index in [0.29, 0.717) is 5.92 Å². The van der Waals surface area contributed by atoms with E-state index in [2.05, 4.69) is 84.9 Å². The zero-order chi connectivity index (χ0) is 21.5. The summed E-state index contributed by atoms with van der Waals surface area (Å²) < 4.78 is 6.08. The molecule has 164 valence electrons. The lowest BCUT2D eigenvalue weighted by atomic mass is 9.73. The second-order valence-corrected chi connectivity index (χ2v) is 11.9. The normalized spacial score (nSPS) is 28.6. The Bertz CT molecular complexity index is 534. The second-order valence-electron chi connectivity index (χ2n) is 11.9. The molecule has 0 spiro atoms. The lowest BCUT2D eigenvalue weighted by Gasteiger charge is -2.53. The van der Waals surface area contributed by atoms with E-state index in [4.69, 9.17) is 4.74 Å². The van der Waals surface area contributed by atoms with Gasteiger partial charge in [0, 0.05) is 28.2 Å². The zero-order valence-corrected chi connectivity index (χ0v) is 20.0. The highest BCUT2D eigenvalue weighted by atomic mass is 16.5. The standard InChI is InChI=1S/C23H45N3O2/c1-16(17-11-20(2,3)25-21(4,5)12-17)24-19(27)15-28-18-13-22(6,7)26(10)23(8,9)14-18/h16-18,25H,11-15H2,1-10H3,(H,24,27). The van der Waals surface area contributed by atoms with Crippen molar-refractivity contribution in [3.05, 3.63) is 0 Å². The first-order chi connectivity index (χ1) is 12.5. The maximum absolute atomic E-state index is 12.6. The summed E-state index contributed by atoms with van der Waals surface area (Å²) in [5.74, 6) is 0.479. The van der Waals surface area contributed by atoms with Gasteiger partial charge in [-0.05, 0) is 101 Å². The first kappa shape index (κ1) is 23.6. The molecular weight excluding hydrogens is 350 g/mol. The van der Waals surface area contributed by atoms with Crippen LogP contribution in [0.5, 0.6) is 0 Å². The molecule has 1 unspecified atom stereocenters. The van der Waals surface area contributed by atoms with E-state index in [0.717, 1.165) is 25.7 Å². The monoisotopic (exact) mass is 395 g/mol. The Labute approximate surface area is 173 Å². The molecule has 0 aromatic rings. The number of nitrogens with one attached hydrogen (secondary N) is 2. The van der Waals surface area contributed by atoms with E-state index in [-0.39, 0.29) is 46.8 Å². The maximum Gasteiger partial charge on any atom is 0.246 e. The fourth-order valence-corrected chi connectivity index (χ4v) is 5.76. The summed E-state index contributed by atoms with van der Waals surface area (Å²) in [6, 6.07) is 0.155. The van der Waals surface area contributed by atoms with E-state index < -0.39 is 0 Å². The van der Waals surface area contributed by atoms with Crippen LogP contribution in [0.4, 0.5) is 0 Å². The Hall–Kier alpha value is -0.650. The average molecular weight is 396 g/mol. The van der Waals surface area contributed by atoms with E-state index in [1.807, 2.05) is 0 Å².